The molecule has 3 aromatic rings. The number of carbonyl (C=O) groups excluding carboxylic acids is 2. The number of hydrogen-bond acceptors (Lipinski definition) is 4. The Morgan fingerprint density at radius 1 is 0.970 bits per heavy atom. The summed E-state index contributed by atoms with van der Waals surface area (Å²) in [7, 11) is 0. The van der Waals surface area contributed by atoms with Crippen LogP contribution in [0, 0.1) is 0 Å². The third-order valence-electron chi connectivity index (χ3n) is 6.41. The topological polar surface area (TPSA) is 43.9 Å². The van der Waals surface area contributed by atoms with E-state index in [1.165, 1.54) is 9.75 Å². The summed E-state index contributed by atoms with van der Waals surface area (Å²) in [6.45, 7) is 6.35. The number of piperazine rings is 1. The van der Waals surface area contributed by atoms with E-state index in [2.05, 4.69) is 23.1 Å². The highest BCUT2D eigenvalue weighted by Gasteiger charge is 2.26. The molecule has 7 heteroatoms. The number of rotatable bonds is 4. The maximum absolute atomic E-state index is 13.1. The van der Waals surface area contributed by atoms with Crippen molar-refractivity contribution in [2.75, 3.05) is 37.6 Å². The number of thiophene rings is 1. The molecule has 2 aromatic carbocycles. The Balaban J connectivity index is 1.18. The zero-order valence-electron chi connectivity index (χ0n) is 18.6. The average molecular weight is 480 g/mol. The standard InChI is InChI=1S/C26H26ClN3O2S/c1-18(31)30-10-9-19-15-21(5-7-24(19)30)26(32)29-13-11-28(12-14-29)17-23-6-8-25(33-23)20-3-2-4-22(27)16-20/h2-8,15-16H,9-14,17H2,1H3. The molecule has 170 valence electrons. The van der Waals surface area contributed by atoms with E-state index in [1.807, 2.05) is 41.3 Å². The predicted octanol–water partition coefficient (Wildman–Crippen LogP) is 4.94. The zero-order valence-corrected chi connectivity index (χ0v) is 20.2. The molecule has 1 fully saturated rings. The minimum absolute atomic E-state index is 0.0503. The van der Waals surface area contributed by atoms with Gasteiger partial charge in [0.2, 0.25) is 5.91 Å². The molecule has 0 spiro atoms. The summed E-state index contributed by atoms with van der Waals surface area (Å²) in [6, 6.07) is 18.0. The fraction of sp³-hybridized carbons (Fsp3) is 0.308. The molecule has 2 aliphatic rings. The molecule has 0 saturated carbocycles. The molecular weight excluding hydrogens is 454 g/mol. The van der Waals surface area contributed by atoms with Gasteiger partial charge in [0.05, 0.1) is 0 Å². The smallest absolute Gasteiger partial charge is 0.253 e. The lowest BCUT2D eigenvalue weighted by Gasteiger charge is -2.34. The molecule has 0 aliphatic carbocycles. The van der Waals surface area contributed by atoms with Crippen LogP contribution in [-0.2, 0) is 17.8 Å². The van der Waals surface area contributed by atoms with Crippen LogP contribution in [0.3, 0.4) is 0 Å². The largest absolute Gasteiger partial charge is 0.336 e. The predicted molar refractivity (Wildman–Crippen MR) is 134 cm³/mol. The van der Waals surface area contributed by atoms with Gasteiger partial charge in [-0.05, 0) is 60.0 Å². The molecule has 2 aliphatic heterocycles. The van der Waals surface area contributed by atoms with Gasteiger partial charge in [0.1, 0.15) is 0 Å². The lowest BCUT2D eigenvalue weighted by atomic mass is 10.1. The SMILES string of the molecule is CC(=O)N1CCc2cc(C(=O)N3CCN(Cc4ccc(-c5cccc(Cl)c5)s4)CC3)ccc21. The van der Waals surface area contributed by atoms with Crippen molar-refractivity contribution in [3.05, 3.63) is 75.6 Å². The molecule has 2 amide bonds. The van der Waals surface area contributed by atoms with E-state index in [4.69, 9.17) is 11.6 Å². The second kappa shape index (κ2) is 9.29. The van der Waals surface area contributed by atoms with Crippen molar-refractivity contribution < 1.29 is 9.59 Å². The van der Waals surface area contributed by atoms with Crippen molar-refractivity contribution in [2.24, 2.45) is 0 Å². The van der Waals surface area contributed by atoms with Crippen LogP contribution >= 0.6 is 22.9 Å². The van der Waals surface area contributed by atoms with E-state index < -0.39 is 0 Å². The van der Waals surface area contributed by atoms with Crippen LogP contribution in [0.15, 0.2) is 54.6 Å². The second-order valence-corrected chi connectivity index (χ2v) is 10.2. The zero-order chi connectivity index (χ0) is 22.9. The van der Waals surface area contributed by atoms with Crippen molar-refractivity contribution in [3.63, 3.8) is 0 Å². The van der Waals surface area contributed by atoms with Crippen molar-refractivity contribution in [2.45, 2.75) is 19.9 Å². The van der Waals surface area contributed by atoms with Gasteiger partial charge in [-0.25, -0.2) is 0 Å². The fourth-order valence-electron chi connectivity index (χ4n) is 4.63. The molecule has 0 atom stereocenters. The number of hydrogen-bond donors (Lipinski definition) is 0. The highest BCUT2D eigenvalue weighted by molar-refractivity contribution is 7.15. The molecule has 0 bridgehead atoms. The van der Waals surface area contributed by atoms with Crippen LogP contribution in [0.5, 0.6) is 0 Å². The van der Waals surface area contributed by atoms with Gasteiger partial charge in [0, 0.05) is 72.2 Å². The lowest BCUT2D eigenvalue weighted by Crippen LogP contribution is -2.48. The summed E-state index contributed by atoms with van der Waals surface area (Å²) < 4.78 is 0. The quantitative estimate of drug-likeness (QED) is 0.532. The first-order chi connectivity index (χ1) is 16.0. The summed E-state index contributed by atoms with van der Waals surface area (Å²) in [5.41, 5.74) is 3.90. The van der Waals surface area contributed by atoms with Crippen LogP contribution in [0.4, 0.5) is 5.69 Å². The molecule has 1 saturated heterocycles. The number of carbonyl (C=O) groups is 2. The van der Waals surface area contributed by atoms with E-state index in [0.29, 0.717) is 6.54 Å². The number of halogens is 1. The molecule has 33 heavy (non-hydrogen) atoms. The Hall–Kier alpha value is -2.67. The Bertz CT molecular complexity index is 1200. The summed E-state index contributed by atoms with van der Waals surface area (Å²) >= 11 is 7.93. The van der Waals surface area contributed by atoms with Gasteiger partial charge in [0.25, 0.3) is 5.91 Å². The fourth-order valence-corrected chi connectivity index (χ4v) is 5.87. The van der Waals surface area contributed by atoms with Crippen molar-refractivity contribution in [1.82, 2.24) is 9.80 Å². The monoisotopic (exact) mass is 479 g/mol. The highest BCUT2D eigenvalue weighted by atomic mass is 35.5. The van der Waals surface area contributed by atoms with Crippen LogP contribution in [0.2, 0.25) is 5.02 Å². The van der Waals surface area contributed by atoms with Crippen molar-refractivity contribution >= 4 is 40.4 Å². The Kier molecular flexibility index (Phi) is 6.23. The maximum Gasteiger partial charge on any atom is 0.253 e. The number of amides is 2. The van der Waals surface area contributed by atoms with Gasteiger partial charge in [-0.15, -0.1) is 11.3 Å². The molecule has 3 heterocycles. The van der Waals surface area contributed by atoms with Gasteiger partial charge in [-0.1, -0.05) is 23.7 Å². The van der Waals surface area contributed by atoms with E-state index in [9.17, 15) is 9.59 Å². The van der Waals surface area contributed by atoms with Gasteiger partial charge in [-0.3, -0.25) is 14.5 Å². The number of nitrogens with zero attached hydrogens (tertiary/aromatic N) is 3. The molecule has 1 aromatic heterocycles. The Morgan fingerprint density at radius 2 is 1.79 bits per heavy atom. The minimum atomic E-state index is 0.0503. The third kappa shape index (κ3) is 4.69. The van der Waals surface area contributed by atoms with Gasteiger partial charge in [0.15, 0.2) is 0 Å². The van der Waals surface area contributed by atoms with Gasteiger partial charge >= 0.3 is 0 Å². The normalized spacial score (nSPS) is 16.2. The van der Waals surface area contributed by atoms with Gasteiger partial charge in [-0.2, -0.15) is 0 Å². The van der Waals surface area contributed by atoms with Crippen LogP contribution in [0.25, 0.3) is 10.4 Å². The first kappa shape index (κ1) is 22.1. The number of fused-ring (bicyclic) bond motifs is 1. The summed E-state index contributed by atoms with van der Waals surface area (Å²) in [5, 5.41) is 0.753. The Labute approximate surface area is 203 Å². The average Bonchev–Trinajstić information content (AvgIpc) is 3.46. The van der Waals surface area contributed by atoms with Crippen molar-refractivity contribution in [1.29, 1.82) is 0 Å². The molecule has 0 unspecified atom stereocenters. The van der Waals surface area contributed by atoms with E-state index >= 15 is 0 Å². The van der Waals surface area contributed by atoms with Crippen molar-refractivity contribution in [3.8, 4) is 10.4 Å². The first-order valence-corrected chi connectivity index (χ1v) is 12.4. The molecule has 0 N–H and O–H groups in total. The Morgan fingerprint density at radius 3 is 2.55 bits per heavy atom. The van der Waals surface area contributed by atoms with E-state index in [-0.39, 0.29) is 11.8 Å². The second-order valence-electron chi connectivity index (χ2n) is 8.61. The highest BCUT2D eigenvalue weighted by Crippen LogP contribution is 2.31. The van der Waals surface area contributed by atoms with Crippen LogP contribution in [0.1, 0.15) is 27.7 Å². The summed E-state index contributed by atoms with van der Waals surface area (Å²) in [5.74, 6) is 0.132. The summed E-state index contributed by atoms with van der Waals surface area (Å²) in [6.07, 6.45) is 0.807. The van der Waals surface area contributed by atoms with Gasteiger partial charge < -0.3 is 9.80 Å². The first-order valence-electron chi connectivity index (χ1n) is 11.3. The van der Waals surface area contributed by atoms with Crippen LogP contribution < -0.4 is 4.90 Å². The number of benzene rings is 2. The number of anilines is 1. The minimum Gasteiger partial charge on any atom is -0.336 e. The summed E-state index contributed by atoms with van der Waals surface area (Å²) in [4.78, 5) is 33.5. The molecule has 0 radical (unpaired) electrons. The lowest BCUT2D eigenvalue weighted by molar-refractivity contribution is -0.116. The molecule has 5 rings (SSSR count). The maximum atomic E-state index is 13.1. The third-order valence-corrected chi connectivity index (χ3v) is 7.77. The van der Waals surface area contributed by atoms with E-state index in [0.717, 1.165) is 66.5 Å². The van der Waals surface area contributed by atoms with E-state index in [1.54, 1.807) is 23.2 Å². The molecule has 5 nitrogen and oxygen atoms in total. The van der Waals surface area contributed by atoms with Crippen LogP contribution in [-0.4, -0.2) is 54.3 Å². The molecular formula is C26H26ClN3O2S.